The van der Waals surface area contributed by atoms with Gasteiger partial charge in [-0.3, -0.25) is 4.79 Å². The summed E-state index contributed by atoms with van der Waals surface area (Å²) in [6.45, 7) is 10.8. The minimum absolute atomic E-state index is 0.0617. The molecule has 1 unspecified atom stereocenters. The second-order valence-electron chi connectivity index (χ2n) is 5.08. The van der Waals surface area contributed by atoms with Crippen LogP contribution < -0.4 is 0 Å². The number of hydrogen-bond acceptors (Lipinski definition) is 2. The van der Waals surface area contributed by atoms with E-state index in [-0.39, 0.29) is 11.4 Å². The van der Waals surface area contributed by atoms with Crippen LogP contribution in [0.1, 0.15) is 60.3 Å². The Morgan fingerprint density at radius 1 is 1.33 bits per heavy atom. The fourth-order valence-electron chi connectivity index (χ4n) is 1.19. The van der Waals surface area contributed by atoms with Crippen molar-refractivity contribution in [2.45, 2.75) is 60.3 Å². The van der Waals surface area contributed by atoms with Gasteiger partial charge in [0, 0.05) is 0 Å². The number of carbonyl (C=O) groups is 1. The molecule has 2 heteroatoms. The molecule has 0 N–H and O–H groups in total. The Bertz CT molecular complexity index is 185. The minimum atomic E-state index is -0.329. The highest BCUT2D eigenvalue weighted by Gasteiger charge is 2.27. The van der Waals surface area contributed by atoms with Gasteiger partial charge in [-0.05, 0) is 32.6 Å². The van der Waals surface area contributed by atoms with Crippen LogP contribution in [-0.4, -0.2) is 12.6 Å². The van der Waals surface area contributed by atoms with E-state index in [2.05, 4.69) is 13.8 Å². The summed E-state index contributed by atoms with van der Waals surface area (Å²) in [5.74, 6) is 0.426. The van der Waals surface area contributed by atoms with Gasteiger partial charge in [0.2, 0.25) is 0 Å². The number of esters is 1. The van der Waals surface area contributed by atoms with Crippen LogP contribution in [0.5, 0.6) is 0 Å². The largest absolute Gasteiger partial charge is 0.465 e. The second kappa shape index (κ2) is 6.86. The molecule has 0 heterocycles. The molecule has 1 atom stereocenters. The highest BCUT2D eigenvalue weighted by Crippen LogP contribution is 2.22. The van der Waals surface area contributed by atoms with Gasteiger partial charge in [-0.1, -0.05) is 33.6 Å². The molecule has 0 aliphatic carbocycles. The number of hydrogen-bond donors (Lipinski definition) is 0. The molecule has 0 saturated carbocycles. The maximum absolute atomic E-state index is 11.7. The van der Waals surface area contributed by atoms with Crippen molar-refractivity contribution in [1.82, 2.24) is 0 Å². The van der Waals surface area contributed by atoms with Gasteiger partial charge < -0.3 is 4.74 Å². The minimum Gasteiger partial charge on any atom is -0.465 e. The summed E-state index contributed by atoms with van der Waals surface area (Å²) in [6, 6.07) is 0. The average Bonchev–Trinajstić information content (AvgIpc) is 2.22. The van der Waals surface area contributed by atoms with Gasteiger partial charge in [0.15, 0.2) is 0 Å². The van der Waals surface area contributed by atoms with Crippen molar-refractivity contribution in [2.75, 3.05) is 6.61 Å². The van der Waals surface area contributed by atoms with E-state index in [1.807, 2.05) is 20.8 Å². The van der Waals surface area contributed by atoms with Crippen LogP contribution in [0.25, 0.3) is 0 Å². The van der Waals surface area contributed by atoms with E-state index in [1.165, 1.54) is 12.8 Å². The van der Waals surface area contributed by atoms with Crippen molar-refractivity contribution in [3.63, 3.8) is 0 Å². The summed E-state index contributed by atoms with van der Waals surface area (Å²) >= 11 is 0. The molecule has 90 valence electrons. The highest BCUT2D eigenvalue weighted by atomic mass is 16.5. The van der Waals surface area contributed by atoms with Crippen LogP contribution in [0.15, 0.2) is 0 Å². The lowest BCUT2D eigenvalue weighted by molar-refractivity contribution is -0.155. The second-order valence-corrected chi connectivity index (χ2v) is 5.08. The third kappa shape index (κ3) is 5.81. The van der Waals surface area contributed by atoms with Gasteiger partial charge in [0.05, 0.1) is 12.0 Å². The molecule has 0 aromatic carbocycles. The molecule has 0 aromatic rings. The molecule has 0 aliphatic rings. The molecule has 0 saturated heterocycles. The molecule has 0 fully saturated rings. The number of ether oxygens (including phenoxy) is 1. The van der Waals surface area contributed by atoms with Crippen molar-refractivity contribution in [2.24, 2.45) is 11.3 Å². The van der Waals surface area contributed by atoms with Crippen LogP contribution in [0.3, 0.4) is 0 Å². The molecule has 15 heavy (non-hydrogen) atoms. The lowest BCUT2D eigenvalue weighted by Crippen LogP contribution is -2.27. The smallest absolute Gasteiger partial charge is 0.311 e. The fourth-order valence-corrected chi connectivity index (χ4v) is 1.19. The van der Waals surface area contributed by atoms with Crippen LogP contribution in [-0.2, 0) is 9.53 Å². The topological polar surface area (TPSA) is 26.3 Å². The summed E-state index contributed by atoms with van der Waals surface area (Å²) in [6.07, 6.45) is 4.40. The first kappa shape index (κ1) is 14.5. The number of rotatable bonds is 7. The monoisotopic (exact) mass is 214 g/mol. The highest BCUT2D eigenvalue weighted by molar-refractivity contribution is 5.75. The van der Waals surface area contributed by atoms with Gasteiger partial charge >= 0.3 is 5.97 Å². The SMILES string of the molecule is CCCCC(C)COC(=O)C(C)(C)CC. The number of carbonyl (C=O) groups excluding carboxylic acids is 1. The van der Waals surface area contributed by atoms with Crippen molar-refractivity contribution in [3.8, 4) is 0 Å². The molecule has 0 rings (SSSR count). The first-order valence-electron chi connectivity index (χ1n) is 6.11. The third-order valence-corrected chi connectivity index (χ3v) is 2.99. The molecule has 0 aliphatic heterocycles. The molecule has 0 spiro atoms. The van der Waals surface area contributed by atoms with Crippen LogP contribution >= 0.6 is 0 Å². The fraction of sp³-hybridized carbons (Fsp3) is 0.923. The maximum Gasteiger partial charge on any atom is 0.311 e. The zero-order chi connectivity index (χ0) is 11.9. The summed E-state index contributed by atoms with van der Waals surface area (Å²) in [5, 5.41) is 0. The predicted octanol–water partition coefficient (Wildman–Crippen LogP) is 3.79. The van der Waals surface area contributed by atoms with E-state index < -0.39 is 0 Å². The lowest BCUT2D eigenvalue weighted by Gasteiger charge is -2.21. The lowest BCUT2D eigenvalue weighted by atomic mass is 9.90. The quantitative estimate of drug-likeness (QED) is 0.603. The zero-order valence-corrected chi connectivity index (χ0v) is 10.9. The van der Waals surface area contributed by atoms with E-state index >= 15 is 0 Å². The van der Waals surface area contributed by atoms with E-state index in [1.54, 1.807) is 0 Å². The van der Waals surface area contributed by atoms with E-state index in [0.717, 1.165) is 12.8 Å². The third-order valence-electron chi connectivity index (χ3n) is 2.99. The van der Waals surface area contributed by atoms with Crippen molar-refractivity contribution in [3.05, 3.63) is 0 Å². The van der Waals surface area contributed by atoms with Gasteiger partial charge in [0.1, 0.15) is 0 Å². The van der Waals surface area contributed by atoms with E-state index in [0.29, 0.717) is 12.5 Å². The molecule has 0 amide bonds. The summed E-state index contributed by atoms with van der Waals surface area (Å²) in [4.78, 5) is 11.7. The summed E-state index contributed by atoms with van der Waals surface area (Å²) < 4.78 is 5.32. The maximum atomic E-state index is 11.7. The Labute approximate surface area is 94.4 Å². The van der Waals surface area contributed by atoms with Crippen molar-refractivity contribution < 1.29 is 9.53 Å². The Kier molecular flexibility index (Phi) is 6.62. The van der Waals surface area contributed by atoms with Gasteiger partial charge in [-0.2, -0.15) is 0 Å². The van der Waals surface area contributed by atoms with Crippen molar-refractivity contribution in [1.29, 1.82) is 0 Å². The van der Waals surface area contributed by atoms with E-state index in [9.17, 15) is 4.79 Å². The van der Waals surface area contributed by atoms with Gasteiger partial charge in [-0.25, -0.2) is 0 Å². The summed E-state index contributed by atoms with van der Waals surface area (Å²) in [5.41, 5.74) is -0.329. The van der Waals surface area contributed by atoms with Crippen LogP contribution in [0.2, 0.25) is 0 Å². The van der Waals surface area contributed by atoms with Gasteiger partial charge in [0.25, 0.3) is 0 Å². The Morgan fingerprint density at radius 2 is 1.93 bits per heavy atom. The standard InChI is InChI=1S/C13H26O2/c1-6-8-9-11(3)10-15-12(14)13(4,5)7-2/h11H,6-10H2,1-5H3. The molecule has 0 aromatic heterocycles. The Morgan fingerprint density at radius 3 is 2.40 bits per heavy atom. The van der Waals surface area contributed by atoms with Crippen LogP contribution in [0, 0.1) is 11.3 Å². The number of unbranched alkanes of at least 4 members (excludes halogenated alkanes) is 1. The zero-order valence-electron chi connectivity index (χ0n) is 10.9. The normalized spacial score (nSPS) is 13.7. The Balaban J connectivity index is 3.80. The van der Waals surface area contributed by atoms with Crippen LogP contribution in [0.4, 0.5) is 0 Å². The van der Waals surface area contributed by atoms with E-state index in [4.69, 9.17) is 4.74 Å². The van der Waals surface area contributed by atoms with Crippen molar-refractivity contribution >= 4 is 5.97 Å². The summed E-state index contributed by atoms with van der Waals surface area (Å²) in [7, 11) is 0. The first-order chi connectivity index (χ1) is 6.94. The molecule has 0 bridgehead atoms. The molecule has 2 nitrogen and oxygen atoms in total. The Hall–Kier alpha value is -0.530. The average molecular weight is 214 g/mol. The predicted molar refractivity (Wildman–Crippen MR) is 63.7 cm³/mol. The first-order valence-corrected chi connectivity index (χ1v) is 6.11. The molecule has 0 radical (unpaired) electrons. The van der Waals surface area contributed by atoms with Gasteiger partial charge in [-0.15, -0.1) is 0 Å². The molecular weight excluding hydrogens is 188 g/mol. The molecular formula is C13H26O2.